The van der Waals surface area contributed by atoms with E-state index in [-0.39, 0.29) is 11.8 Å². The Hall–Kier alpha value is -1.36. The summed E-state index contributed by atoms with van der Waals surface area (Å²) < 4.78 is 2.01. The third-order valence-corrected chi connectivity index (χ3v) is 4.59. The van der Waals surface area contributed by atoms with Crippen molar-refractivity contribution >= 4 is 5.91 Å². The van der Waals surface area contributed by atoms with Crippen molar-refractivity contribution < 1.29 is 4.79 Å². The molecule has 0 radical (unpaired) electrons. The summed E-state index contributed by atoms with van der Waals surface area (Å²) in [6.45, 7) is 10.8. The van der Waals surface area contributed by atoms with Crippen molar-refractivity contribution in [2.75, 3.05) is 13.1 Å². The molecule has 1 saturated heterocycles. The Morgan fingerprint density at radius 2 is 2.09 bits per heavy atom. The molecular weight excluding hydrogens is 276 g/mol. The van der Waals surface area contributed by atoms with E-state index in [1.54, 1.807) is 0 Å². The van der Waals surface area contributed by atoms with E-state index >= 15 is 0 Å². The Morgan fingerprint density at radius 1 is 1.36 bits per heavy atom. The lowest BCUT2D eigenvalue weighted by atomic mass is 10.1. The fourth-order valence-electron chi connectivity index (χ4n) is 3.33. The summed E-state index contributed by atoms with van der Waals surface area (Å²) >= 11 is 0. The van der Waals surface area contributed by atoms with Crippen molar-refractivity contribution in [2.24, 2.45) is 13.0 Å². The van der Waals surface area contributed by atoms with Crippen molar-refractivity contribution in [2.45, 2.75) is 59.5 Å². The highest BCUT2D eigenvalue weighted by Crippen LogP contribution is 2.17. The number of nitrogens with one attached hydrogen (secondary N) is 1. The van der Waals surface area contributed by atoms with Crippen LogP contribution in [0.1, 0.15) is 51.1 Å². The summed E-state index contributed by atoms with van der Waals surface area (Å²) in [5.41, 5.74) is 3.86. The standard InChI is InChI=1S/C17H30N4O/c1-6-15-14(16(7-2)20(5)19-15)10-18-13-8-9-21(11-13)17(22)12(3)4/h12-13,18H,6-11H2,1-5H3. The normalized spacial score (nSPS) is 18.5. The first kappa shape index (κ1) is 17.0. The van der Waals surface area contributed by atoms with E-state index < -0.39 is 0 Å². The van der Waals surface area contributed by atoms with Gasteiger partial charge in [0.1, 0.15) is 0 Å². The molecule has 0 saturated carbocycles. The Kier molecular flexibility index (Phi) is 5.62. The molecule has 1 atom stereocenters. The largest absolute Gasteiger partial charge is 0.341 e. The van der Waals surface area contributed by atoms with Gasteiger partial charge in [-0.1, -0.05) is 27.7 Å². The maximum atomic E-state index is 12.1. The number of carbonyl (C=O) groups is 1. The molecule has 1 amide bonds. The molecule has 5 nitrogen and oxygen atoms in total. The molecule has 0 aliphatic carbocycles. The summed E-state index contributed by atoms with van der Waals surface area (Å²) in [6, 6.07) is 0.400. The topological polar surface area (TPSA) is 50.2 Å². The molecule has 5 heteroatoms. The number of aromatic nitrogens is 2. The molecule has 0 aromatic carbocycles. The predicted octanol–water partition coefficient (Wildman–Crippen LogP) is 1.89. The molecule has 1 aromatic rings. The summed E-state index contributed by atoms with van der Waals surface area (Å²) in [6.07, 6.45) is 3.01. The summed E-state index contributed by atoms with van der Waals surface area (Å²) in [4.78, 5) is 14.0. The first-order valence-electron chi connectivity index (χ1n) is 8.53. The van der Waals surface area contributed by atoms with E-state index in [2.05, 4.69) is 24.3 Å². The second-order valence-electron chi connectivity index (χ2n) is 6.51. The molecule has 22 heavy (non-hydrogen) atoms. The van der Waals surface area contributed by atoms with Crippen molar-refractivity contribution in [3.8, 4) is 0 Å². The number of hydrogen-bond donors (Lipinski definition) is 1. The average molecular weight is 306 g/mol. The van der Waals surface area contributed by atoms with E-state index in [4.69, 9.17) is 0 Å². The minimum Gasteiger partial charge on any atom is -0.341 e. The number of amides is 1. The lowest BCUT2D eigenvalue weighted by Gasteiger charge is -2.19. The van der Waals surface area contributed by atoms with Crippen LogP contribution in [0, 0.1) is 5.92 Å². The third-order valence-electron chi connectivity index (χ3n) is 4.59. The molecule has 1 fully saturated rings. The zero-order valence-corrected chi connectivity index (χ0v) is 14.6. The molecule has 0 bridgehead atoms. The van der Waals surface area contributed by atoms with Crippen LogP contribution in [0.2, 0.25) is 0 Å². The Labute approximate surface area is 134 Å². The molecule has 0 spiro atoms. The smallest absolute Gasteiger partial charge is 0.225 e. The molecule has 1 aromatic heterocycles. The maximum absolute atomic E-state index is 12.1. The van der Waals surface area contributed by atoms with Crippen LogP contribution in [0.5, 0.6) is 0 Å². The molecule has 1 unspecified atom stereocenters. The van der Waals surface area contributed by atoms with Crippen molar-refractivity contribution in [1.82, 2.24) is 20.0 Å². The SMILES string of the molecule is CCc1nn(C)c(CC)c1CNC1CCN(C(=O)C(C)C)C1. The van der Waals surface area contributed by atoms with Gasteiger partial charge in [0.05, 0.1) is 5.69 Å². The van der Waals surface area contributed by atoms with E-state index in [0.717, 1.165) is 38.9 Å². The second-order valence-corrected chi connectivity index (χ2v) is 6.51. The number of nitrogens with zero attached hydrogens (tertiary/aromatic N) is 3. The Balaban J connectivity index is 1.96. The van der Waals surface area contributed by atoms with Gasteiger partial charge in [-0.2, -0.15) is 5.10 Å². The summed E-state index contributed by atoms with van der Waals surface area (Å²) in [5, 5.41) is 8.26. The van der Waals surface area contributed by atoms with E-state index in [1.165, 1.54) is 17.0 Å². The number of carbonyl (C=O) groups excluding carboxylic acids is 1. The summed E-state index contributed by atoms with van der Waals surface area (Å²) in [5.74, 6) is 0.365. The van der Waals surface area contributed by atoms with Crippen LogP contribution in [0.3, 0.4) is 0 Å². The molecule has 1 N–H and O–H groups in total. The number of hydrogen-bond acceptors (Lipinski definition) is 3. The van der Waals surface area contributed by atoms with Gasteiger partial charge in [-0.25, -0.2) is 0 Å². The lowest BCUT2D eigenvalue weighted by molar-refractivity contribution is -0.133. The van der Waals surface area contributed by atoms with Gasteiger partial charge in [0.15, 0.2) is 0 Å². The minimum atomic E-state index is 0.0930. The van der Waals surface area contributed by atoms with Crippen LogP contribution >= 0.6 is 0 Å². The Morgan fingerprint density at radius 3 is 2.68 bits per heavy atom. The van der Waals surface area contributed by atoms with E-state index in [0.29, 0.717) is 6.04 Å². The number of likely N-dealkylation sites (tertiary alicyclic amines) is 1. The van der Waals surface area contributed by atoms with Gasteiger partial charge in [-0.05, 0) is 19.3 Å². The zero-order chi connectivity index (χ0) is 16.3. The van der Waals surface area contributed by atoms with Crippen LogP contribution < -0.4 is 5.32 Å². The van der Waals surface area contributed by atoms with Gasteiger partial charge in [-0.15, -0.1) is 0 Å². The van der Waals surface area contributed by atoms with Gasteiger partial charge >= 0.3 is 0 Å². The van der Waals surface area contributed by atoms with Gasteiger partial charge in [0.25, 0.3) is 0 Å². The van der Waals surface area contributed by atoms with Crippen LogP contribution in [-0.2, 0) is 31.2 Å². The van der Waals surface area contributed by atoms with Gasteiger partial charge < -0.3 is 10.2 Å². The van der Waals surface area contributed by atoms with Gasteiger partial charge in [-0.3, -0.25) is 9.48 Å². The average Bonchev–Trinajstić information content (AvgIpc) is 3.07. The highest BCUT2D eigenvalue weighted by molar-refractivity contribution is 5.78. The van der Waals surface area contributed by atoms with Gasteiger partial charge in [0.2, 0.25) is 5.91 Å². The lowest BCUT2D eigenvalue weighted by Crippen LogP contribution is -2.36. The monoisotopic (exact) mass is 306 g/mol. The summed E-state index contributed by atoms with van der Waals surface area (Å²) in [7, 11) is 2.03. The van der Waals surface area contributed by atoms with Crippen molar-refractivity contribution in [1.29, 1.82) is 0 Å². The number of rotatable bonds is 6. The molecule has 124 valence electrons. The zero-order valence-electron chi connectivity index (χ0n) is 14.6. The van der Waals surface area contributed by atoms with E-state index in [9.17, 15) is 4.79 Å². The predicted molar refractivity (Wildman–Crippen MR) is 88.6 cm³/mol. The van der Waals surface area contributed by atoms with Crippen LogP contribution in [0.4, 0.5) is 0 Å². The minimum absolute atomic E-state index is 0.0930. The third kappa shape index (κ3) is 3.51. The van der Waals surface area contributed by atoms with Crippen LogP contribution in [0.25, 0.3) is 0 Å². The fourth-order valence-corrected chi connectivity index (χ4v) is 3.33. The Bertz CT molecular complexity index is 521. The highest BCUT2D eigenvalue weighted by atomic mass is 16.2. The molecule has 1 aliphatic rings. The quantitative estimate of drug-likeness (QED) is 0.873. The molecular formula is C17H30N4O. The molecule has 2 rings (SSSR count). The van der Waals surface area contributed by atoms with Crippen LogP contribution in [0.15, 0.2) is 0 Å². The molecule has 1 aliphatic heterocycles. The van der Waals surface area contributed by atoms with Gasteiger partial charge in [0, 0.05) is 49.9 Å². The first-order chi connectivity index (χ1) is 10.5. The van der Waals surface area contributed by atoms with Crippen molar-refractivity contribution in [3.05, 3.63) is 17.0 Å². The molecule has 2 heterocycles. The van der Waals surface area contributed by atoms with E-state index in [1.807, 2.05) is 30.5 Å². The highest BCUT2D eigenvalue weighted by Gasteiger charge is 2.27. The second kappa shape index (κ2) is 7.27. The van der Waals surface area contributed by atoms with Crippen molar-refractivity contribution in [3.63, 3.8) is 0 Å². The fraction of sp³-hybridized carbons (Fsp3) is 0.765. The maximum Gasteiger partial charge on any atom is 0.225 e. The first-order valence-corrected chi connectivity index (χ1v) is 8.53. The van der Waals surface area contributed by atoms with Crippen LogP contribution in [-0.4, -0.2) is 39.7 Å². The number of aryl methyl sites for hydroxylation is 2.